The molecule has 1 rings (SSSR count). The molecule has 0 bridgehead atoms. The van der Waals surface area contributed by atoms with E-state index in [1.165, 1.54) is 0 Å². The van der Waals surface area contributed by atoms with Gasteiger partial charge in [-0.05, 0) is 12.0 Å². The molecule has 0 fully saturated rings. The predicted octanol–water partition coefficient (Wildman–Crippen LogP) is 0.323. The molecule has 0 amide bonds. The molecule has 0 aliphatic carbocycles. The van der Waals surface area contributed by atoms with Gasteiger partial charge in [0.2, 0.25) is 0 Å². The molecule has 0 spiro atoms. The van der Waals surface area contributed by atoms with Gasteiger partial charge in [-0.1, -0.05) is 5.11 Å². The first-order valence-corrected chi connectivity index (χ1v) is 5.21. The van der Waals surface area contributed by atoms with Crippen LogP contribution < -0.4 is 4.73 Å². The number of hydrogen-bond acceptors (Lipinski definition) is 6. The molecule has 1 heterocycles. The molecular formula is C9H11N5O5. The third-order valence-electron chi connectivity index (χ3n) is 2.41. The lowest BCUT2D eigenvalue weighted by Crippen LogP contribution is -2.29. The van der Waals surface area contributed by atoms with Crippen molar-refractivity contribution < 1.29 is 19.9 Å². The van der Waals surface area contributed by atoms with Crippen molar-refractivity contribution >= 4 is 5.69 Å². The lowest BCUT2D eigenvalue weighted by Gasteiger charge is -2.16. The van der Waals surface area contributed by atoms with Crippen LogP contribution in [-0.2, 0) is 0 Å². The second kappa shape index (κ2) is 6.50. The van der Waals surface area contributed by atoms with Gasteiger partial charge >= 0.3 is 0 Å². The van der Waals surface area contributed by atoms with Crippen molar-refractivity contribution in [2.45, 2.75) is 18.6 Å². The van der Waals surface area contributed by atoms with Crippen molar-refractivity contribution in [1.82, 2.24) is 0 Å². The van der Waals surface area contributed by atoms with E-state index in [0.29, 0.717) is 0 Å². The van der Waals surface area contributed by atoms with Gasteiger partial charge in [0.1, 0.15) is 11.7 Å². The molecule has 0 saturated heterocycles. The van der Waals surface area contributed by atoms with Crippen LogP contribution in [0.5, 0.6) is 0 Å². The molecule has 0 aliphatic rings. The summed E-state index contributed by atoms with van der Waals surface area (Å²) in [6.07, 6.45) is -1.35. The minimum absolute atomic E-state index is 0.0767. The summed E-state index contributed by atoms with van der Waals surface area (Å²) >= 11 is 0. The zero-order chi connectivity index (χ0) is 14.4. The van der Waals surface area contributed by atoms with Crippen LogP contribution in [0.4, 0.5) is 5.69 Å². The van der Waals surface area contributed by atoms with E-state index in [0.717, 1.165) is 18.5 Å². The topological polar surface area (TPSA) is 159 Å². The van der Waals surface area contributed by atoms with Crippen LogP contribution in [0, 0.1) is 15.3 Å². The number of azide groups is 1. The third-order valence-corrected chi connectivity index (χ3v) is 2.41. The monoisotopic (exact) mass is 269 g/mol. The Balaban J connectivity index is 2.96. The molecular weight excluding hydrogens is 258 g/mol. The first-order valence-electron chi connectivity index (χ1n) is 5.21. The third kappa shape index (κ3) is 3.78. The van der Waals surface area contributed by atoms with Crippen LogP contribution in [0.3, 0.4) is 0 Å². The Morgan fingerprint density at radius 2 is 2.26 bits per heavy atom. The van der Waals surface area contributed by atoms with Gasteiger partial charge in [0.25, 0.3) is 5.69 Å². The number of rotatable bonds is 6. The maximum atomic E-state index is 11.1. The number of aromatic nitrogens is 1. The number of aliphatic hydroxyl groups is 2. The van der Waals surface area contributed by atoms with Crippen molar-refractivity contribution in [3.05, 3.63) is 49.8 Å². The number of aliphatic hydroxyl groups excluding tert-OH is 2. The standard InChI is InChI=1S/C9H11N5O5/c10-12-11-3-1-8(15)9(16)6-5-13(17)4-2-7(6)14(18)19/h2,4-5,8-9,15-16H,1,3H2. The SMILES string of the molecule is [N-]=[N+]=NCCC(O)C(O)c1c[n+]([O-])ccc1[N+](=O)[O-]. The lowest BCUT2D eigenvalue weighted by molar-refractivity contribution is -0.606. The molecule has 0 aromatic carbocycles. The van der Waals surface area contributed by atoms with E-state index < -0.39 is 22.8 Å². The van der Waals surface area contributed by atoms with E-state index in [4.69, 9.17) is 5.53 Å². The first-order chi connectivity index (χ1) is 8.97. The van der Waals surface area contributed by atoms with Gasteiger partial charge < -0.3 is 15.4 Å². The molecule has 0 saturated carbocycles. The highest BCUT2D eigenvalue weighted by Gasteiger charge is 2.28. The Morgan fingerprint density at radius 1 is 1.58 bits per heavy atom. The van der Waals surface area contributed by atoms with Crippen LogP contribution in [0.2, 0.25) is 0 Å². The fourth-order valence-corrected chi connectivity index (χ4v) is 1.48. The Kier molecular flexibility index (Phi) is 5.01. The molecule has 102 valence electrons. The average molecular weight is 269 g/mol. The Labute approximate surface area is 106 Å². The van der Waals surface area contributed by atoms with Gasteiger partial charge in [-0.25, -0.2) is 0 Å². The molecule has 2 unspecified atom stereocenters. The maximum absolute atomic E-state index is 11.1. The van der Waals surface area contributed by atoms with Crippen molar-refractivity contribution in [2.24, 2.45) is 5.11 Å². The van der Waals surface area contributed by atoms with Gasteiger partial charge in [0.15, 0.2) is 12.4 Å². The second-order valence-corrected chi connectivity index (χ2v) is 3.66. The lowest BCUT2D eigenvalue weighted by atomic mass is 10.0. The zero-order valence-corrected chi connectivity index (χ0v) is 9.66. The minimum atomic E-state index is -1.62. The van der Waals surface area contributed by atoms with E-state index in [1.807, 2.05) is 0 Å². The quantitative estimate of drug-likeness (QED) is 0.144. The predicted molar refractivity (Wildman–Crippen MR) is 61.7 cm³/mol. The fraction of sp³-hybridized carbons (Fsp3) is 0.444. The zero-order valence-electron chi connectivity index (χ0n) is 9.66. The molecule has 1 aromatic rings. The van der Waals surface area contributed by atoms with Crippen LogP contribution in [0.1, 0.15) is 18.1 Å². The normalized spacial score (nSPS) is 13.4. The van der Waals surface area contributed by atoms with E-state index in [9.17, 15) is 25.5 Å². The number of pyridine rings is 1. The molecule has 1 aromatic heterocycles. The average Bonchev–Trinajstić information content (AvgIpc) is 2.37. The number of nitro groups is 1. The summed E-state index contributed by atoms with van der Waals surface area (Å²) < 4.78 is 0.283. The summed E-state index contributed by atoms with van der Waals surface area (Å²) in [5.74, 6) is 0. The summed E-state index contributed by atoms with van der Waals surface area (Å²) in [5, 5.41) is 44.4. The van der Waals surface area contributed by atoms with Crippen molar-refractivity contribution in [3.8, 4) is 0 Å². The van der Waals surface area contributed by atoms with Crippen LogP contribution in [0.15, 0.2) is 23.6 Å². The molecule has 0 radical (unpaired) electrons. The van der Waals surface area contributed by atoms with Crippen molar-refractivity contribution in [1.29, 1.82) is 0 Å². The maximum Gasteiger partial charge on any atom is 0.287 e. The van der Waals surface area contributed by atoms with Crippen LogP contribution in [-0.4, -0.2) is 27.8 Å². The van der Waals surface area contributed by atoms with Gasteiger partial charge in [-0.3, -0.25) is 10.1 Å². The van der Waals surface area contributed by atoms with Gasteiger partial charge in [0.05, 0.1) is 17.1 Å². The van der Waals surface area contributed by atoms with Crippen LogP contribution >= 0.6 is 0 Å². The van der Waals surface area contributed by atoms with Crippen molar-refractivity contribution in [3.63, 3.8) is 0 Å². The largest absolute Gasteiger partial charge is 0.619 e. The summed E-state index contributed by atoms with van der Waals surface area (Å²) in [6.45, 7) is -0.0767. The smallest absolute Gasteiger partial charge is 0.287 e. The number of hydrogen-bond donors (Lipinski definition) is 2. The minimum Gasteiger partial charge on any atom is -0.619 e. The highest BCUT2D eigenvalue weighted by molar-refractivity contribution is 5.37. The first kappa shape index (κ1) is 14.6. The van der Waals surface area contributed by atoms with Crippen molar-refractivity contribution in [2.75, 3.05) is 6.54 Å². The Morgan fingerprint density at radius 3 is 2.84 bits per heavy atom. The van der Waals surface area contributed by atoms with E-state index in [2.05, 4.69) is 10.0 Å². The summed E-state index contributed by atoms with van der Waals surface area (Å²) in [7, 11) is 0. The summed E-state index contributed by atoms with van der Waals surface area (Å²) in [6, 6.07) is 0.936. The van der Waals surface area contributed by atoms with Gasteiger partial charge in [-0.15, -0.1) is 0 Å². The Bertz CT molecular complexity index is 516. The molecule has 2 atom stereocenters. The van der Waals surface area contributed by atoms with E-state index in [1.54, 1.807) is 0 Å². The highest BCUT2D eigenvalue weighted by Crippen LogP contribution is 2.26. The molecule has 10 nitrogen and oxygen atoms in total. The molecule has 0 aliphatic heterocycles. The van der Waals surface area contributed by atoms with E-state index >= 15 is 0 Å². The van der Waals surface area contributed by atoms with Gasteiger partial charge in [-0.2, -0.15) is 4.73 Å². The summed E-state index contributed by atoms with van der Waals surface area (Å²) in [5.41, 5.74) is 7.30. The molecule has 10 heteroatoms. The number of nitrogens with zero attached hydrogens (tertiary/aromatic N) is 5. The summed E-state index contributed by atoms with van der Waals surface area (Å²) in [4.78, 5) is 12.5. The Hall–Kier alpha value is -2.42. The molecule has 2 N–H and O–H groups in total. The van der Waals surface area contributed by atoms with E-state index in [-0.39, 0.29) is 23.3 Å². The fourth-order valence-electron chi connectivity index (χ4n) is 1.48. The second-order valence-electron chi connectivity index (χ2n) is 3.66. The van der Waals surface area contributed by atoms with Gasteiger partial charge in [0, 0.05) is 11.5 Å². The van der Waals surface area contributed by atoms with Crippen LogP contribution in [0.25, 0.3) is 10.4 Å². The highest BCUT2D eigenvalue weighted by atomic mass is 16.6. The molecule has 19 heavy (non-hydrogen) atoms.